The second-order valence-corrected chi connectivity index (χ2v) is 4.31. The standard InChI is InChI=1S/C12H14N2O2S/c1-16-12-3-2-9(4-11(12)15)5-13-6-10-7-17-8-14-10/h2-4,7-8,13,15H,5-6H2,1H3. The van der Waals surface area contributed by atoms with E-state index in [-0.39, 0.29) is 5.75 Å². The molecule has 2 aromatic rings. The van der Waals surface area contributed by atoms with Crippen molar-refractivity contribution >= 4 is 11.3 Å². The van der Waals surface area contributed by atoms with Gasteiger partial charge in [0.05, 0.1) is 18.3 Å². The van der Waals surface area contributed by atoms with Crippen LogP contribution in [0.3, 0.4) is 0 Å². The van der Waals surface area contributed by atoms with Crippen molar-refractivity contribution in [3.05, 3.63) is 40.3 Å². The first-order valence-electron chi connectivity index (χ1n) is 5.23. The van der Waals surface area contributed by atoms with Crippen LogP contribution in [0, 0.1) is 0 Å². The highest BCUT2D eigenvalue weighted by atomic mass is 32.1. The Balaban J connectivity index is 1.89. The van der Waals surface area contributed by atoms with Gasteiger partial charge in [-0.05, 0) is 17.7 Å². The average Bonchev–Trinajstić information content (AvgIpc) is 2.82. The van der Waals surface area contributed by atoms with Crippen molar-refractivity contribution in [1.82, 2.24) is 10.3 Å². The molecule has 0 aliphatic carbocycles. The smallest absolute Gasteiger partial charge is 0.160 e. The first-order chi connectivity index (χ1) is 8.29. The van der Waals surface area contributed by atoms with E-state index in [4.69, 9.17) is 4.74 Å². The first kappa shape index (κ1) is 11.9. The number of rotatable bonds is 5. The molecule has 0 amide bonds. The minimum absolute atomic E-state index is 0.167. The van der Waals surface area contributed by atoms with Crippen molar-refractivity contribution in [2.24, 2.45) is 0 Å². The predicted octanol–water partition coefficient (Wildman–Crippen LogP) is 2.15. The highest BCUT2D eigenvalue weighted by Crippen LogP contribution is 2.26. The fourth-order valence-electron chi connectivity index (χ4n) is 1.51. The molecule has 90 valence electrons. The maximum absolute atomic E-state index is 9.61. The van der Waals surface area contributed by atoms with Gasteiger partial charge in [0.1, 0.15) is 0 Å². The quantitative estimate of drug-likeness (QED) is 0.853. The van der Waals surface area contributed by atoms with Crippen molar-refractivity contribution in [2.75, 3.05) is 7.11 Å². The average molecular weight is 250 g/mol. The number of ether oxygens (including phenoxy) is 1. The lowest BCUT2D eigenvalue weighted by atomic mass is 10.2. The molecule has 0 spiro atoms. The fraction of sp³-hybridized carbons (Fsp3) is 0.250. The van der Waals surface area contributed by atoms with E-state index in [1.165, 1.54) is 7.11 Å². The molecule has 0 fully saturated rings. The third kappa shape index (κ3) is 3.18. The van der Waals surface area contributed by atoms with Gasteiger partial charge in [-0.25, -0.2) is 4.98 Å². The van der Waals surface area contributed by atoms with Gasteiger partial charge in [-0.1, -0.05) is 6.07 Å². The van der Waals surface area contributed by atoms with E-state index in [1.807, 2.05) is 17.0 Å². The van der Waals surface area contributed by atoms with Crippen LogP contribution in [0.1, 0.15) is 11.3 Å². The van der Waals surface area contributed by atoms with Crippen LogP contribution in [0.25, 0.3) is 0 Å². The maximum Gasteiger partial charge on any atom is 0.160 e. The largest absolute Gasteiger partial charge is 0.504 e. The number of nitrogens with zero attached hydrogens (tertiary/aromatic N) is 1. The summed E-state index contributed by atoms with van der Waals surface area (Å²) in [6, 6.07) is 5.38. The van der Waals surface area contributed by atoms with Gasteiger partial charge in [0, 0.05) is 18.5 Å². The number of nitrogens with one attached hydrogen (secondary N) is 1. The predicted molar refractivity (Wildman–Crippen MR) is 67.3 cm³/mol. The molecule has 0 radical (unpaired) electrons. The molecule has 0 aliphatic rings. The lowest BCUT2D eigenvalue weighted by Gasteiger charge is -2.06. The summed E-state index contributed by atoms with van der Waals surface area (Å²) in [5.74, 6) is 0.661. The Hall–Kier alpha value is -1.59. The van der Waals surface area contributed by atoms with Gasteiger partial charge in [0.15, 0.2) is 11.5 Å². The summed E-state index contributed by atoms with van der Waals surface area (Å²) in [7, 11) is 1.54. The van der Waals surface area contributed by atoms with E-state index in [1.54, 1.807) is 23.5 Å². The second-order valence-electron chi connectivity index (χ2n) is 3.59. The normalized spacial score (nSPS) is 10.4. The van der Waals surface area contributed by atoms with Crippen molar-refractivity contribution in [2.45, 2.75) is 13.1 Å². The number of phenolic OH excluding ortho intramolecular Hbond substituents is 1. The molecule has 0 atom stereocenters. The summed E-state index contributed by atoms with van der Waals surface area (Å²) >= 11 is 1.59. The highest BCUT2D eigenvalue weighted by molar-refractivity contribution is 7.07. The Kier molecular flexibility index (Phi) is 3.95. The Morgan fingerprint density at radius 3 is 2.94 bits per heavy atom. The lowest BCUT2D eigenvalue weighted by molar-refractivity contribution is 0.373. The second kappa shape index (κ2) is 5.65. The molecular weight excluding hydrogens is 236 g/mol. The first-order valence-corrected chi connectivity index (χ1v) is 6.17. The van der Waals surface area contributed by atoms with Crippen molar-refractivity contribution in [3.8, 4) is 11.5 Å². The lowest BCUT2D eigenvalue weighted by Crippen LogP contribution is -2.12. The van der Waals surface area contributed by atoms with E-state index in [2.05, 4.69) is 10.3 Å². The molecule has 0 saturated heterocycles. The molecule has 1 aromatic carbocycles. The molecule has 1 aromatic heterocycles. The molecule has 0 unspecified atom stereocenters. The number of thiazole rings is 1. The molecule has 17 heavy (non-hydrogen) atoms. The maximum atomic E-state index is 9.61. The van der Waals surface area contributed by atoms with Gasteiger partial charge in [-0.2, -0.15) is 0 Å². The zero-order chi connectivity index (χ0) is 12.1. The van der Waals surface area contributed by atoms with Crippen LogP contribution in [-0.4, -0.2) is 17.2 Å². The van der Waals surface area contributed by atoms with Crippen LogP contribution in [0.15, 0.2) is 29.1 Å². The topological polar surface area (TPSA) is 54.4 Å². The number of aromatic nitrogens is 1. The Labute approximate surface area is 104 Å². The van der Waals surface area contributed by atoms with Gasteiger partial charge in [-0.15, -0.1) is 11.3 Å². The van der Waals surface area contributed by atoms with Gasteiger partial charge in [-0.3, -0.25) is 0 Å². The number of hydrogen-bond donors (Lipinski definition) is 2. The van der Waals surface area contributed by atoms with Crippen LogP contribution < -0.4 is 10.1 Å². The number of phenols is 1. The van der Waals surface area contributed by atoms with Gasteiger partial charge in [0.25, 0.3) is 0 Å². The number of methoxy groups -OCH3 is 1. The summed E-state index contributed by atoms with van der Waals surface area (Å²) in [6.07, 6.45) is 0. The van der Waals surface area contributed by atoms with Crippen LogP contribution in [-0.2, 0) is 13.1 Å². The molecule has 1 heterocycles. The zero-order valence-corrected chi connectivity index (χ0v) is 10.3. The van der Waals surface area contributed by atoms with Gasteiger partial charge >= 0.3 is 0 Å². The summed E-state index contributed by atoms with van der Waals surface area (Å²) in [4.78, 5) is 4.18. The third-order valence-electron chi connectivity index (χ3n) is 2.36. The van der Waals surface area contributed by atoms with Crippen LogP contribution in [0.4, 0.5) is 0 Å². The molecule has 2 N–H and O–H groups in total. The third-order valence-corrected chi connectivity index (χ3v) is 3.00. The van der Waals surface area contributed by atoms with Crippen molar-refractivity contribution in [3.63, 3.8) is 0 Å². The molecule has 5 heteroatoms. The van der Waals surface area contributed by atoms with Crippen molar-refractivity contribution in [1.29, 1.82) is 0 Å². The summed E-state index contributed by atoms with van der Waals surface area (Å²) in [5, 5.41) is 14.9. The van der Waals surface area contributed by atoms with Crippen LogP contribution in [0.5, 0.6) is 11.5 Å². The van der Waals surface area contributed by atoms with Gasteiger partial charge < -0.3 is 15.2 Å². The van der Waals surface area contributed by atoms with Crippen molar-refractivity contribution < 1.29 is 9.84 Å². The van der Waals surface area contributed by atoms with E-state index in [0.29, 0.717) is 12.3 Å². The molecule has 0 aliphatic heterocycles. The van der Waals surface area contributed by atoms with E-state index in [0.717, 1.165) is 17.8 Å². The number of benzene rings is 1. The molecular formula is C12H14N2O2S. The minimum Gasteiger partial charge on any atom is -0.504 e. The van der Waals surface area contributed by atoms with Gasteiger partial charge in [0.2, 0.25) is 0 Å². The van der Waals surface area contributed by atoms with Crippen LogP contribution >= 0.6 is 11.3 Å². The van der Waals surface area contributed by atoms with E-state index < -0.39 is 0 Å². The summed E-state index contributed by atoms with van der Waals surface area (Å²) in [6.45, 7) is 1.42. The summed E-state index contributed by atoms with van der Waals surface area (Å²) < 4.78 is 4.98. The minimum atomic E-state index is 0.167. The Morgan fingerprint density at radius 2 is 2.29 bits per heavy atom. The van der Waals surface area contributed by atoms with E-state index in [9.17, 15) is 5.11 Å². The number of hydrogen-bond acceptors (Lipinski definition) is 5. The Morgan fingerprint density at radius 1 is 1.41 bits per heavy atom. The fourth-order valence-corrected chi connectivity index (χ4v) is 2.06. The summed E-state index contributed by atoms with van der Waals surface area (Å²) in [5.41, 5.74) is 3.86. The highest BCUT2D eigenvalue weighted by Gasteiger charge is 2.02. The zero-order valence-electron chi connectivity index (χ0n) is 9.51. The Bertz CT molecular complexity index is 471. The monoisotopic (exact) mass is 250 g/mol. The van der Waals surface area contributed by atoms with E-state index >= 15 is 0 Å². The van der Waals surface area contributed by atoms with Crippen LogP contribution in [0.2, 0.25) is 0 Å². The molecule has 0 saturated carbocycles. The molecule has 4 nitrogen and oxygen atoms in total. The SMILES string of the molecule is COc1ccc(CNCc2cscn2)cc1O. The molecule has 2 rings (SSSR count). The molecule has 0 bridgehead atoms. The number of aromatic hydroxyl groups is 1.